The summed E-state index contributed by atoms with van der Waals surface area (Å²) in [6.45, 7) is 3.94. The molecule has 1 atom stereocenters. The Morgan fingerprint density at radius 2 is 1.89 bits per heavy atom. The predicted molar refractivity (Wildman–Crippen MR) is 135 cm³/mol. The highest BCUT2D eigenvalue weighted by molar-refractivity contribution is 7.19. The third-order valence-corrected chi connectivity index (χ3v) is 5.63. The van der Waals surface area contributed by atoms with Crippen molar-refractivity contribution >= 4 is 39.4 Å². The van der Waals surface area contributed by atoms with Gasteiger partial charge in [0, 0.05) is 25.1 Å². The van der Waals surface area contributed by atoms with E-state index in [0.29, 0.717) is 10.8 Å². The summed E-state index contributed by atoms with van der Waals surface area (Å²) in [5.41, 5.74) is 0.298. The van der Waals surface area contributed by atoms with E-state index in [2.05, 4.69) is 26.1 Å². The Kier molecular flexibility index (Phi) is 8.34. The Bertz CT molecular complexity index is 1270. The molecule has 1 aromatic carbocycles. The van der Waals surface area contributed by atoms with Gasteiger partial charge in [0.1, 0.15) is 0 Å². The summed E-state index contributed by atoms with van der Waals surface area (Å²) in [6.07, 6.45) is 2.69. The van der Waals surface area contributed by atoms with Gasteiger partial charge in [-0.2, -0.15) is 0 Å². The van der Waals surface area contributed by atoms with Crippen molar-refractivity contribution in [1.29, 1.82) is 5.41 Å². The van der Waals surface area contributed by atoms with E-state index < -0.39 is 17.1 Å². The second-order valence-electron chi connectivity index (χ2n) is 7.61. The molecular formula is C23H26N6O5S. The third-order valence-electron chi connectivity index (χ3n) is 4.87. The van der Waals surface area contributed by atoms with Gasteiger partial charge in [-0.3, -0.25) is 10.1 Å². The number of carbonyl (C=O) groups is 1. The van der Waals surface area contributed by atoms with Gasteiger partial charge in [0.15, 0.2) is 5.76 Å². The number of aromatic nitrogens is 2. The van der Waals surface area contributed by atoms with Gasteiger partial charge in [0.05, 0.1) is 24.9 Å². The van der Waals surface area contributed by atoms with Crippen LogP contribution in [0.5, 0.6) is 5.75 Å². The van der Waals surface area contributed by atoms with Crippen molar-refractivity contribution in [2.75, 3.05) is 36.8 Å². The highest BCUT2D eigenvalue weighted by Crippen LogP contribution is 2.31. The lowest BCUT2D eigenvalue weighted by Gasteiger charge is -2.32. The number of hydrogen-bond donors (Lipinski definition) is 4. The van der Waals surface area contributed by atoms with E-state index >= 15 is 0 Å². The molecule has 0 radical (unpaired) electrons. The average Bonchev–Trinajstić information content (AvgIpc) is 3.26. The highest BCUT2D eigenvalue weighted by atomic mass is 32.1. The zero-order valence-electron chi connectivity index (χ0n) is 19.7. The topological polar surface area (TPSA) is 151 Å². The number of allylic oxidation sites excluding steroid dienone is 2. The maximum Gasteiger partial charge on any atom is 0.381 e. The maximum absolute atomic E-state index is 12.9. The Morgan fingerprint density at radius 3 is 2.51 bits per heavy atom. The molecule has 4 N–H and O–H groups in total. The zero-order chi connectivity index (χ0) is 25.4. The number of carbonyl (C=O) groups excluding carboxylic acids is 1. The number of ether oxygens (including phenoxy) is 2. The third kappa shape index (κ3) is 6.31. The molecule has 0 aliphatic rings. The Hall–Kier alpha value is -4.03. The second-order valence-corrected chi connectivity index (χ2v) is 8.59. The molecular weight excluding hydrogens is 472 g/mol. The highest BCUT2D eigenvalue weighted by Gasteiger charge is 2.29. The summed E-state index contributed by atoms with van der Waals surface area (Å²) < 4.78 is 15.9. The van der Waals surface area contributed by atoms with Crippen LogP contribution in [0.3, 0.4) is 0 Å². The summed E-state index contributed by atoms with van der Waals surface area (Å²) in [5, 5.41) is 24.4. The molecule has 1 unspecified atom stereocenters. The van der Waals surface area contributed by atoms with Crippen molar-refractivity contribution in [1.82, 2.24) is 10.2 Å². The molecule has 3 aromatic rings. The van der Waals surface area contributed by atoms with Crippen molar-refractivity contribution in [3.8, 4) is 5.75 Å². The summed E-state index contributed by atoms with van der Waals surface area (Å²) in [4.78, 5) is 25.5. The van der Waals surface area contributed by atoms with Crippen LogP contribution in [0, 0.1) is 5.41 Å². The minimum Gasteiger partial charge on any atom is -0.488 e. The fraction of sp³-hybridized carbons (Fsp3) is 0.261. The van der Waals surface area contributed by atoms with Gasteiger partial charge in [-0.25, -0.2) is 4.79 Å². The lowest BCUT2D eigenvalue weighted by atomic mass is 9.92. The number of hydrogen-bond acceptors (Lipinski definition) is 11. The minimum absolute atomic E-state index is 0.0735. The Labute approximate surface area is 205 Å². The summed E-state index contributed by atoms with van der Waals surface area (Å²) in [6, 6.07) is 10.9. The predicted octanol–water partition coefficient (Wildman–Crippen LogP) is 3.69. The quantitative estimate of drug-likeness (QED) is 0.290. The van der Waals surface area contributed by atoms with Gasteiger partial charge in [0.25, 0.3) is 5.91 Å². The van der Waals surface area contributed by atoms with Crippen molar-refractivity contribution in [3.05, 3.63) is 69.9 Å². The first-order chi connectivity index (χ1) is 16.8. The number of nitrogens with zero attached hydrogens (tertiary/aromatic N) is 2. The average molecular weight is 499 g/mol. The number of methoxy groups -OCH3 is 2. The van der Waals surface area contributed by atoms with Crippen LogP contribution in [0.1, 0.15) is 30.0 Å². The van der Waals surface area contributed by atoms with Gasteiger partial charge >= 0.3 is 5.63 Å². The van der Waals surface area contributed by atoms with Crippen molar-refractivity contribution in [2.24, 2.45) is 0 Å². The van der Waals surface area contributed by atoms with E-state index in [9.17, 15) is 9.59 Å². The molecule has 0 saturated carbocycles. The molecule has 1 amide bonds. The van der Waals surface area contributed by atoms with Crippen LogP contribution in [-0.4, -0.2) is 43.1 Å². The lowest BCUT2D eigenvalue weighted by Crippen LogP contribution is -2.37. The molecule has 0 aliphatic carbocycles. The number of amides is 1. The Balaban J connectivity index is 1.88. The van der Waals surface area contributed by atoms with Gasteiger partial charge in [-0.05, 0) is 25.5 Å². The summed E-state index contributed by atoms with van der Waals surface area (Å²) in [7, 11) is 2.92. The number of benzene rings is 1. The lowest BCUT2D eigenvalue weighted by molar-refractivity contribution is 0.0991. The van der Waals surface area contributed by atoms with Crippen LogP contribution in [0.25, 0.3) is 0 Å². The van der Waals surface area contributed by atoms with Crippen LogP contribution in [0.2, 0.25) is 0 Å². The number of anilines is 3. The van der Waals surface area contributed by atoms with Crippen LogP contribution in [0.4, 0.5) is 16.0 Å². The van der Waals surface area contributed by atoms with E-state index in [1.807, 2.05) is 37.3 Å². The SMILES string of the molecule is COCC(C)(Nc1cc(C(=O)Nc2nnc(N/C(C)=C\C=N)s2)oc(=O)c1OC)c1ccccc1. The Morgan fingerprint density at radius 1 is 1.20 bits per heavy atom. The fourth-order valence-corrected chi connectivity index (χ4v) is 3.98. The molecule has 12 heteroatoms. The fourth-order valence-electron chi connectivity index (χ4n) is 3.28. The molecule has 2 heterocycles. The molecule has 0 spiro atoms. The first kappa shape index (κ1) is 25.6. The normalized spacial score (nSPS) is 13.0. The molecule has 0 fully saturated rings. The van der Waals surface area contributed by atoms with E-state index in [0.717, 1.165) is 23.1 Å². The van der Waals surface area contributed by atoms with Gasteiger partial charge in [-0.15, -0.1) is 10.2 Å². The molecule has 0 aliphatic heterocycles. The number of rotatable bonds is 11. The zero-order valence-corrected chi connectivity index (χ0v) is 20.5. The van der Waals surface area contributed by atoms with Gasteiger partial charge < -0.3 is 29.9 Å². The van der Waals surface area contributed by atoms with E-state index in [4.69, 9.17) is 19.3 Å². The standard InChI is InChI=1S/C23H26N6O5S/c1-14(10-11-24)25-21-28-29-22(35-21)26-19(30)17-12-16(18(33-4)20(31)34-17)27-23(2,13-32-3)15-8-6-5-7-9-15/h5-12,24,27H,13H2,1-4H3,(H,25,28)(H,26,29,30)/b14-10-,24-11?. The van der Waals surface area contributed by atoms with Crippen LogP contribution >= 0.6 is 11.3 Å². The first-order valence-electron chi connectivity index (χ1n) is 10.4. The van der Waals surface area contributed by atoms with Crippen molar-refractivity contribution in [2.45, 2.75) is 19.4 Å². The van der Waals surface area contributed by atoms with Crippen LogP contribution in [0.15, 0.2) is 57.4 Å². The molecule has 184 valence electrons. The number of nitrogens with one attached hydrogen (secondary N) is 4. The molecule has 0 saturated heterocycles. The van der Waals surface area contributed by atoms with E-state index in [-0.39, 0.29) is 28.9 Å². The van der Waals surface area contributed by atoms with Crippen molar-refractivity contribution < 1.29 is 18.7 Å². The smallest absolute Gasteiger partial charge is 0.381 e. The molecule has 0 bridgehead atoms. The molecule has 35 heavy (non-hydrogen) atoms. The van der Waals surface area contributed by atoms with Crippen LogP contribution in [-0.2, 0) is 10.3 Å². The molecule has 2 aromatic heterocycles. The maximum atomic E-state index is 12.9. The summed E-state index contributed by atoms with van der Waals surface area (Å²) >= 11 is 1.08. The molecule has 11 nitrogen and oxygen atoms in total. The van der Waals surface area contributed by atoms with Crippen molar-refractivity contribution in [3.63, 3.8) is 0 Å². The van der Waals surface area contributed by atoms with Crippen LogP contribution < -0.4 is 26.3 Å². The minimum atomic E-state index is -0.817. The largest absolute Gasteiger partial charge is 0.488 e. The summed E-state index contributed by atoms with van der Waals surface area (Å²) in [5.74, 6) is -0.998. The van der Waals surface area contributed by atoms with E-state index in [1.54, 1.807) is 20.1 Å². The second kappa shape index (κ2) is 11.4. The monoisotopic (exact) mass is 498 g/mol. The molecule has 3 rings (SSSR count). The van der Waals surface area contributed by atoms with E-state index in [1.165, 1.54) is 13.2 Å². The van der Waals surface area contributed by atoms with Gasteiger partial charge in [0.2, 0.25) is 16.0 Å². The first-order valence-corrected chi connectivity index (χ1v) is 11.3. The van der Waals surface area contributed by atoms with Gasteiger partial charge in [-0.1, -0.05) is 41.7 Å².